The number of esters is 1. The summed E-state index contributed by atoms with van der Waals surface area (Å²) in [5.74, 6) is -2.57. The first kappa shape index (κ1) is 23.5. The van der Waals surface area contributed by atoms with Gasteiger partial charge in [-0.25, -0.2) is 0 Å². The molecule has 0 saturated heterocycles. The number of nitro benzene ring substituents is 1. The lowest BCUT2D eigenvalue weighted by Gasteiger charge is -2.15. The van der Waals surface area contributed by atoms with Crippen molar-refractivity contribution in [3.05, 3.63) is 68.7 Å². The van der Waals surface area contributed by atoms with E-state index >= 15 is 0 Å². The van der Waals surface area contributed by atoms with Gasteiger partial charge in [-0.2, -0.15) is 0 Å². The van der Waals surface area contributed by atoms with E-state index in [9.17, 15) is 29.3 Å². The maximum Gasteiger partial charge on any atom is 0.326 e. The number of hydrogen-bond acceptors (Lipinski definition) is 7. The second kappa shape index (κ2) is 10.3. The number of Topliss-reactive ketones (excluding diaryl/α,β-unsaturated/α-hetero) is 1. The average molecular weight is 448 g/mol. The number of amides is 2. The Balaban J connectivity index is 1.92. The second-order valence-corrected chi connectivity index (χ2v) is 6.74. The first-order valence-corrected chi connectivity index (χ1v) is 9.30. The normalized spacial score (nSPS) is 11.2. The largest absolute Gasteiger partial charge is 0.451 e. The van der Waals surface area contributed by atoms with Crippen molar-refractivity contribution in [1.29, 1.82) is 0 Å². The van der Waals surface area contributed by atoms with E-state index in [0.717, 1.165) is 6.07 Å². The van der Waals surface area contributed by atoms with Gasteiger partial charge in [0.05, 0.1) is 10.6 Å². The van der Waals surface area contributed by atoms with Gasteiger partial charge in [-0.1, -0.05) is 23.7 Å². The number of carbonyl (C=O) groups is 4. The van der Waals surface area contributed by atoms with Gasteiger partial charge in [0.2, 0.25) is 0 Å². The standard InChI is InChI=1S/C20H18ClN3O7/c1-11(25)14-5-3-4-6-16(14)23-19(27)12(2)31-18(26)10-22-20(28)13-7-8-15(21)17(9-13)24(29)30/h3-9,12H,10H2,1-2H3,(H,22,28)(H,23,27). The van der Waals surface area contributed by atoms with Crippen LogP contribution in [0.3, 0.4) is 0 Å². The summed E-state index contributed by atoms with van der Waals surface area (Å²) in [4.78, 5) is 58.1. The highest BCUT2D eigenvalue weighted by Crippen LogP contribution is 2.25. The van der Waals surface area contributed by atoms with Crippen LogP contribution >= 0.6 is 11.6 Å². The number of nitrogens with one attached hydrogen (secondary N) is 2. The topological polar surface area (TPSA) is 145 Å². The molecule has 2 N–H and O–H groups in total. The van der Waals surface area contributed by atoms with Crippen LogP contribution in [-0.4, -0.2) is 41.1 Å². The number of ketones is 1. The zero-order valence-corrected chi connectivity index (χ0v) is 17.3. The van der Waals surface area contributed by atoms with E-state index in [1.807, 2.05) is 0 Å². The number of rotatable bonds is 8. The lowest BCUT2D eigenvalue weighted by molar-refractivity contribution is -0.384. The molecule has 0 bridgehead atoms. The molecule has 0 aromatic heterocycles. The lowest BCUT2D eigenvalue weighted by atomic mass is 10.1. The minimum absolute atomic E-state index is 0.0736. The maximum absolute atomic E-state index is 12.3. The molecule has 0 spiro atoms. The molecule has 10 nitrogen and oxygen atoms in total. The Kier molecular flexibility index (Phi) is 7.81. The highest BCUT2D eigenvalue weighted by Gasteiger charge is 2.21. The van der Waals surface area contributed by atoms with E-state index < -0.39 is 41.0 Å². The minimum atomic E-state index is -1.21. The molecule has 0 radical (unpaired) electrons. The van der Waals surface area contributed by atoms with E-state index in [4.69, 9.17) is 16.3 Å². The summed E-state index contributed by atoms with van der Waals surface area (Å²) in [5, 5.41) is 15.5. The molecule has 162 valence electrons. The monoisotopic (exact) mass is 447 g/mol. The number of benzene rings is 2. The minimum Gasteiger partial charge on any atom is -0.451 e. The van der Waals surface area contributed by atoms with Crippen molar-refractivity contribution in [2.24, 2.45) is 0 Å². The molecule has 0 heterocycles. The second-order valence-electron chi connectivity index (χ2n) is 6.33. The lowest BCUT2D eigenvalue weighted by Crippen LogP contribution is -2.36. The third-order valence-corrected chi connectivity index (χ3v) is 4.36. The number of nitro groups is 1. The zero-order valence-electron chi connectivity index (χ0n) is 16.5. The van der Waals surface area contributed by atoms with Gasteiger partial charge in [0, 0.05) is 17.2 Å². The first-order chi connectivity index (χ1) is 14.6. The van der Waals surface area contributed by atoms with Crippen molar-refractivity contribution >= 4 is 46.5 Å². The van der Waals surface area contributed by atoms with Crippen LogP contribution in [0.25, 0.3) is 0 Å². The summed E-state index contributed by atoms with van der Waals surface area (Å²) in [5.41, 5.74) is 0.0581. The Labute approximate surface area is 181 Å². The van der Waals surface area contributed by atoms with Gasteiger partial charge < -0.3 is 15.4 Å². The van der Waals surface area contributed by atoms with Crippen LogP contribution in [0, 0.1) is 10.1 Å². The number of carbonyl (C=O) groups excluding carboxylic acids is 4. The van der Waals surface area contributed by atoms with Crippen LogP contribution in [-0.2, 0) is 14.3 Å². The molecule has 0 aliphatic carbocycles. The van der Waals surface area contributed by atoms with Crippen molar-refractivity contribution in [3.8, 4) is 0 Å². The molecule has 2 rings (SSSR count). The number of para-hydroxylation sites is 1. The summed E-state index contributed by atoms with van der Waals surface area (Å²) in [6.07, 6.45) is -1.21. The van der Waals surface area contributed by atoms with Crippen LogP contribution in [0.15, 0.2) is 42.5 Å². The van der Waals surface area contributed by atoms with Gasteiger partial charge in [0.1, 0.15) is 11.6 Å². The molecule has 31 heavy (non-hydrogen) atoms. The van der Waals surface area contributed by atoms with Crippen molar-refractivity contribution in [2.75, 3.05) is 11.9 Å². The Morgan fingerprint density at radius 3 is 2.48 bits per heavy atom. The number of hydrogen-bond donors (Lipinski definition) is 2. The summed E-state index contributed by atoms with van der Waals surface area (Å²) in [7, 11) is 0. The summed E-state index contributed by atoms with van der Waals surface area (Å²) < 4.78 is 4.97. The van der Waals surface area contributed by atoms with Crippen molar-refractivity contribution in [3.63, 3.8) is 0 Å². The molecule has 0 fully saturated rings. The SMILES string of the molecule is CC(=O)c1ccccc1NC(=O)C(C)OC(=O)CNC(=O)c1ccc(Cl)c([N+](=O)[O-])c1. The van der Waals surface area contributed by atoms with Crippen LogP contribution in [0.5, 0.6) is 0 Å². The third-order valence-electron chi connectivity index (χ3n) is 4.04. The predicted octanol–water partition coefficient (Wildman–Crippen LogP) is 2.75. The molecular weight excluding hydrogens is 430 g/mol. The Morgan fingerprint density at radius 1 is 1.16 bits per heavy atom. The summed E-state index contributed by atoms with van der Waals surface area (Å²) in [6.45, 7) is 2.11. The summed E-state index contributed by atoms with van der Waals surface area (Å²) in [6, 6.07) is 9.80. The van der Waals surface area contributed by atoms with E-state index in [-0.39, 0.29) is 22.1 Å². The molecule has 1 unspecified atom stereocenters. The van der Waals surface area contributed by atoms with Crippen molar-refractivity contribution in [1.82, 2.24) is 5.32 Å². The fraction of sp³-hybridized carbons (Fsp3) is 0.200. The van der Waals surface area contributed by atoms with Crippen LogP contribution in [0.2, 0.25) is 5.02 Å². The van der Waals surface area contributed by atoms with Gasteiger partial charge >= 0.3 is 5.97 Å². The molecule has 11 heteroatoms. The van der Waals surface area contributed by atoms with Gasteiger partial charge in [-0.15, -0.1) is 0 Å². The fourth-order valence-corrected chi connectivity index (χ4v) is 2.66. The Hall–Kier alpha value is -3.79. The number of ether oxygens (including phenoxy) is 1. The Morgan fingerprint density at radius 2 is 1.84 bits per heavy atom. The van der Waals surface area contributed by atoms with Crippen molar-refractivity contribution in [2.45, 2.75) is 20.0 Å². The molecule has 0 saturated carbocycles. The molecule has 0 aliphatic rings. The van der Waals surface area contributed by atoms with Gasteiger partial charge in [-0.05, 0) is 38.1 Å². The molecule has 2 aromatic carbocycles. The van der Waals surface area contributed by atoms with E-state index in [1.54, 1.807) is 18.2 Å². The Bertz CT molecular complexity index is 1050. The molecule has 2 aromatic rings. The molecule has 0 aliphatic heterocycles. The van der Waals surface area contributed by atoms with Crippen LogP contribution in [0.1, 0.15) is 34.6 Å². The fourth-order valence-electron chi connectivity index (χ4n) is 2.47. The third kappa shape index (κ3) is 6.34. The van der Waals surface area contributed by atoms with Crippen LogP contribution < -0.4 is 10.6 Å². The number of nitrogens with zero attached hydrogens (tertiary/aromatic N) is 1. The van der Waals surface area contributed by atoms with E-state index in [2.05, 4.69) is 10.6 Å². The van der Waals surface area contributed by atoms with Gasteiger partial charge in [-0.3, -0.25) is 29.3 Å². The summed E-state index contributed by atoms with van der Waals surface area (Å²) >= 11 is 5.69. The molecule has 1 atom stereocenters. The first-order valence-electron chi connectivity index (χ1n) is 8.92. The molecule has 2 amide bonds. The molecular formula is C20H18ClN3O7. The smallest absolute Gasteiger partial charge is 0.326 e. The van der Waals surface area contributed by atoms with Crippen molar-refractivity contribution < 1.29 is 28.8 Å². The number of anilines is 1. The average Bonchev–Trinajstić information content (AvgIpc) is 2.72. The quantitative estimate of drug-likeness (QED) is 0.274. The highest BCUT2D eigenvalue weighted by molar-refractivity contribution is 6.32. The van der Waals surface area contributed by atoms with Gasteiger partial charge in [0.15, 0.2) is 11.9 Å². The van der Waals surface area contributed by atoms with Gasteiger partial charge in [0.25, 0.3) is 17.5 Å². The van der Waals surface area contributed by atoms with E-state index in [0.29, 0.717) is 5.56 Å². The van der Waals surface area contributed by atoms with Crippen LogP contribution in [0.4, 0.5) is 11.4 Å². The zero-order chi connectivity index (χ0) is 23.1. The highest BCUT2D eigenvalue weighted by atomic mass is 35.5. The predicted molar refractivity (Wildman–Crippen MR) is 111 cm³/mol. The maximum atomic E-state index is 12.3. The van der Waals surface area contributed by atoms with E-state index in [1.165, 1.54) is 32.0 Å². The number of halogens is 1.